The summed E-state index contributed by atoms with van der Waals surface area (Å²) in [5, 5.41) is 0. The molecule has 0 saturated carbocycles. The lowest BCUT2D eigenvalue weighted by Crippen LogP contribution is -2.23. The summed E-state index contributed by atoms with van der Waals surface area (Å²) in [6, 6.07) is 8.10. The Morgan fingerprint density at radius 3 is 2.83 bits per heavy atom. The number of hydrogen-bond donors (Lipinski definition) is 0. The third-order valence-corrected chi connectivity index (χ3v) is 3.50. The van der Waals surface area contributed by atoms with Gasteiger partial charge in [-0.25, -0.2) is 0 Å². The van der Waals surface area contributed by atoms with Gasteiger partial charge in [0.2, 0.25) is 0 Å². The standard InChI is InChI=1S/C15H18O3/c1-10(9-18-11(2)16)15(17)14-8-7-12-5-3-4-6-13(12)14/h3-6,10,14H,7-9H2,1-2H3. The summed E-state index contributed by atoms with van der Waals surface area (Å²) >= 11 is 0. The molecular formula is C15H18O3. The van der Waals surface area contributed by atoms with Gasteiger partial charge in [-0.1, -0.05) is 31.2 Å². The highest BCUT2D eigenvalue weighted by Crippen LogP contribution is 2.35. The minimum absolute atomic E-state index is 0.0215. The van der Waals surface area contributed by atoms with E-state index in [4.69, 9.17) is 4.74 Å². The molecule has 0 aliphatic heterocycles. The average Bonchev–Trinajstić information content (AvgIpc) is 2.78. The molecule has 2 rings (SSSR count). The normalized spacial score (nSPS) is 19.1. The summed E-state index contributed by atoms with van der Waals surface area (Å²) in [4.78, 5) is 23.1. The number of ether oxygens (including phenoxy) is 1. The third-order valence-electron chi connectivity index (χ3n) is 3.50. The van der Waals surface area contributed by atoms with Crippen molar-refractivity contribution in [1.29, 1.82) is 0 Å². The van der Waals surface area contributed by atoms with E-state index in [0.717, 1.165) is 18.4 Å². The predicted octanol–water partition coefficient (Wildman–Crippen LogP) is 2.48. The largest absolute Gasteiger partial charge is 0.465 e. The van der Waals surface area contributed by atoms with Gasteiger partial charge in [-0.3, -0.25) is 9.59 Å². The van der Waals surface area contributed by atoms with E-state index in [1.807, 2.05) is 25.1 Å². The molecule has 96 valence electrons. The van der Waals surface area contributed by atoms with Crippen molar-refractivity contribution in [3.05, 3.63) is 35.4 Å². The van der Waals surface area contributed by atoms with Crippen molar-refractivity contribution >= 4 is 11.8 Å². The summed E-state index contributed by atoms with van der Waals surface area (Å²) in [5.41, 5.74) is 2.42. The molecule has 3 heteroatoms. The smallest absolute Gasteiger partial charge is 0.302 e. The zero-order valence-electron chi connectivity index (χ0n) is 10.8. The van der Waals surface area contributed by atoms with Crippen LogP contribution in [0, 0.1) is 5.92 Å². The quantitative estimate of drug-likeness (QED) is 0.766. The Morgan fingerprint density at radius 1 is 1.39 bits per heavy atom. The van der Waals surface area contributed by atoms with Crippen LogP contribution in [0.15, 0.2) is 24.3 Å². The average molecular weight is 246 g/mol. The lowest BCUT2D eigenvalue weighted by atomic mass is 9.90. The van der Waals surface area contributed by atoms with E-state index in [0.29, 0.717) is 0 Å². The maximum absolute atomic E-state index is 12.3. The fraction of sp³-hybridized carbons (Fsp3) is 0.467. The fourth-order valence-corrected chi connectivity index (χ4v) is 2.52. The van der Waals surface area contributed by atoms with Crippen LogP contribution in [0.3, 0.4) is 0 Å². The summed E-state index contributed by atoms with van der Waals surface area (Å²) in [5.74, 6) is -0.403. The molecule has 1 aromatic rings. The van der Waals surface area contributed by atoms with Crippen molar-refractivity contribution in [2.45, 2.75) is 32.6 Å². The van der Waals surface area contributed by atoms with E-state index in [9.17, 15) is 9.59 Å². The summed E-state index contributed by atoms with van der Waals surface area (Å²) < 4.78 is 4.91. The minimum Gasteiger partial charge on any atom is -0.465 e. The first-order valence-corrected chi connectivity index (χ1v) is 6.34. The van der Waals surface area contributed by atoms with Crippen molar-refractivity contribution < 1.29 is 14.3 Å². The molecule has 1 aliphatic carbocycles. The zero-order valence-corrected chi connectivity index (χ0v) is 10.8. The number of hydrogen-bond acceptors (Lipinski definition) is 3. The maximum Gasteiger partial charge on any atom is 0.302 e. The monoisotopic (exact) mass is 246 g/mol. The fourth-order valence-electron chi connectivity index (χ4n) is 2.52. The molecule has 0 aromatic heterocycles. The van der Waals surface area contributed by atoms with Gasteiger partial charge in [0, 0.05) is 18.8 Å². The van der Waals surface area contributed by atoms with E-state index >= 15 is 0 Å². The van der Waals surface area contributed by atoms with Gasteiger partial charge in [0.05, 0.1) is 0 Å². The van der Waals surface area contributed by atoms with Crippen LogP contribution in [0.2, 0.25) is 0 Å². The van der Waals surface area contributed by atoms with Crippen molar-refractivity contribution in [2.24, 2.45) is 5.92 Å². The van der Waals surface area contributed by atoms with Crippen LogP contribution >= 0.6 is 0 Å². The number of carbonyl (C=O) groups is 2. The van der Waals surface area contributed by atoms with Crippen molar-refractivity contribution in [2.75, 3.05) is 6.61 Å². The van der Waals surface area contributed by atoms with Crippen LogP contribution in [0.25, 0.3) is 0 Å². The predicted molar refractivity (Wildman–Crippen MR) is 68.3 cm³/mol. The van der Waals surface area contributed by atoms with Gasteiger partial charge in [0.1, 0.15) is 12.4 Å². The maximum atomic E-state index is 12.3. The second-order valence-electron chi connectivity index (χ2n) is 4.90. The molecule has 0 bridgehead atoms. The molecule has 2 atom stereocenters. The van der Waals surface area contributed by atoms with Crippen molar-refractivity contribution in [3.8, 4) is 0 Å². The molecule has 0 spiro atoms. The number of benzene rings is 1. The lowest BCUT2D eigenvalue weighted by molar-refractivity contribution is -0.143. The molecular weight excluding hydrogens is 228 g/mol. The highest BCUT2D eigenvalue weighted by atomic mass is 16.5. The van der Waals surface area contributed by atoms with E-state index in [1.165, 1.54) is 12.5 Å². The Kier molecular flexibility index (Phi) is 3.80. The van der Waals surface area contributed by atoms with E-state index in [1.54, 1.807) is 0 Å². The Morgan fingerprint density at radius 2 is 2.11 bits per heavy atom. The highest BCUT2D eigenvalue weighted by Gasteiger charge is 2.31. The molecule has 18 heavy (non-hydrogen) atoms. The topological polar surface area (TPSA) is 43.4 Å². The minimum atomic E-state index is -0.332. The van der Waals surface area contributed by atoms with E-state index in [-0.39, 0.29) is 30.2 Å². The van der Waals surface area contributed by atoms with Crippen LogP contribution in [-0.2, 0) is 20.7 Å². The lowest BCUT2D eigenvalue weighted by Gasteiger charge is -2.16. The number of rotatable bonds is 4. The van der Waals surface area contributed by atoms with Crippen LogP contribution in [0.4, 0.5) is 0 Å². The number of fused-ring (bicyclic) bond motifs is 1. The molecule has 0 N–H and O–H groups in total. The van der Waals surface area contributed by atoms with E-state index < -0.39 is 0 Å². The zero-order chi connectivity index (χ0) is 13.1. The van der Waals surface area contributed by atoms with Gasteiger partial charge in [0.25, 0.3) is 0 Å². The first kappa shape index (κ1) is 12.8. The molecule has 2 unspecified atom stereocenters. The van der Waals surface area contributed by atoms with Crippen LogP contribution in [0.1, 0.15) is 37.3 Å². The SMILES string of the molecule is CC(=O)OCC(C)C(=O)C1CCc2ccccc21. The van der Waals surface area contributed by atoms with Gasteiger partial charge in [-0.05, 0) is 24.0 Å². The first-order valence-electron chi connectivity index (χ1n) is 6.34. The molecule has 1 aromatic carbocycles. The molecule has 0 heterocycles. The Hall–Kier alpha value is -1.64. The Labute approximate surface area is 107 Å². The Balaban J connectivity index is 2.05. The molecule has 0 radical (unpaired) electrons. The third kappa shape index (κ3) is 2.61. The second-order valence-corrected chi connectivity index (χ2v) is 4.90. The summed E-state index contributed by atoms with van der Waals surface area (Å²) in [6.07, 6.45) is 1.84. The number of Topliss-reactive ketones (excluding diaryl/α,β-unsaturated/α-hetero) is 1. The van der Waals surface area contributed by atoms with Gasteiger partial charge in [-0.15, -0.1) is 0 Å². The number of ketones is 1. The van der Waals surface area contributed by atoms with Crippen molar-refractivity contribution in [1.82, 2.24) is 0 Å². The van der Waals surface area contributed by atoms with Crippen LogP contribution in [0.5, 0.6) is 0 Å². The van der Waals surface area contributed by atoms with Crippen LogP contribution < -0.4 is 0 Å². The van der Waals surface area contributed by atoms with Gasteiger partial charge in [0.15, 0.2) is 0 Å². The molecule has 0 amide bonds. The number of esters is 1. The molecule has 0 saturated heterocycles. The summed E-state index contributed by atoms with van der Waals surface area (Å²) in [6.45, 7) is 3.38. The molecule has 3 nitrogen and oxygen atoms in total. The van der Waals surface area contributed by atoms with Crippen molar-refractivity contribution in [3.63, 3.8) is 0 Å². The number of aryl methyl sites for hydroxylation is 1. The van der Waals surface area contributed by atoms with Crippen LogP contribution in [-0.4, -0.2) is 18.4 Å². The second kappa shape index (κ2) is 5.34. The number of carbonyl (C=O) groups excluding carboxylic acids is 2. The van der Waals surface area contributed by atoms with Gasteiger partial charge in [-0.2, -0.15) is 0 Å². The Bertz CT molecular complexity index is 465. The van der Waals surface area contributed by atoms with Gasteiger partial charge >= 0.3 is 5.97 Å². The van der Waals surface area contributed by atoms with Gasteiger partial charge < -0.3 is 4.74 Å². The first-order chi connectivity index (χ1) is 8.59. The molecule has 1 aliphatic rings. The highest BCUT2D eigenvalue weighted by molar-refractivity contribution is 5.89. The summed E-state index contributed by atoms with van der Waals surface area (Å²) in [7, 11) is 0. The molecule has 0 fully saturated rings. The van der Waals surface area contributed by atoms with E-state index in [2.05, 4.69) is 6.07 Å².